The molecule has 0 aliphatic heterocycles. The van der Waals surface area contributed by atoms with Crippen LogP contribution in [0.25, 0.3) is 0 Å². The first kappa shape index (κ1) is 16.9. The molecule has 0 fully saturated rings. The normalized spacial score (nSPS) is 12.0. The van der Waals surface area contributed by atoms with Crippen LogP contribution < -0.4 is 0 Å². The van der Waals surface area contributed by atoms with E-state index >= 15 is 0 Å². The molecule has 1 aromatic carbocycles. The molecule has 0 unspecified atom stereocenters. The third-order valence-corrected chi connectivity index (χ3v) is 3.87. The van der Waals surface area contributed by atoms with Crippen LogP contribution in [-0.4, -0.2) is 5.78 Å². The van der Waals surface area contributed by atoms with Gasteiger partial charge in [0.2, 0.25) is 0 Å². The highest BCUT2D eigenvalue weighted by atomic mass is 16.1. The highest BCUT2D eigenvalue weighted by Gasteiger charge is 2.21. The van der Waals surface area contributed by atoms with Crippen molar-refractivity contribution < 1.29 is 4.79 Å². The minimum atomic E-state index is 0.0555. The maximum absolute atomic E-state index is 12.4. The van der Waals surface area contributed by atoms with Crippen LogP contribution in [0.3, 0.4) is 0 Å². The summed E-state index contributed by atoms with van der Waals surface area (Å²) in [5, 5.41) is 0. The number of hydrogen-bond acceptors (Lipinski definition) is 1. The number of benzene rings is 1. The molecule has 1 heteroatoms. The van der Waals surface area contributed by atoms with Crippen molar-refractivity contribution in [2.45, 2.75) is 73.1 Å². The van der Waals surface area contributed by atoms with Gasteiger partial charge in [0.1, 0.15) is 0 Å². The minimum absolute atomic E-state index is 0.0555. The van der Waals surface area contributed by atoms with E-state index in [2.05, 4.69) is 53.7 Å². The van der Waals surface area contributed by atoms with E-state index in [-0.39, 0.29) is 11.7 Å². The van der Waals surface area contributed by atoms with Crippen LogP contribution in [0, 0.1) is 5.92 Å². The first-order chi connectivity index (χ1) is 9.16. The van der Waals surface area contributed by atoms with E-state index < -0.39 is 0 Å². The topological polar surface area (TPSA) is 17.1 Å². The number of carbonyl (C=O) groups excluding carboxylic acids is 1. The Balaban J connectivity index is 3.59. The molecule has 1 aromatic rings. The van der Waals surface area contributed by atoms with E-state index in [1.807, 2.05) is 13.8 Å². The first-order valence-electron chi connectivity index (χ1n) is 7.88. The molecule has 0 aliphatic rings. The molecule has 0 aromatic heterocycles. The fourth-order valence-electron chi connectivity index (χ4n) is 2.80. The summed E-state index contributed by atoms with van der Waals surface area (Å²) in [6.45, 7) is 17.3. The second-order valence-electron chi connectivity index (χ2n) is 7.05. The number of rotatable bonds is 5. The second kappa shape index (κ2) is 6.56. The molecule has 1 rings (SSSR count). The van der Waals surface area contributed by atoms with Crippen LogP contribution >= 0.6 is 0 Å². The van der Waals surface area contributed by atoms with Crippen molar-refractivity contribution in [3.63, 3.8) is 0 Å². The van der Waals surface area contributed by atoms with Gasteiger partial charge >= 0.3 is 0 Å². The fraction of sp³-hybridized carbons (Fsp3) is 0.632. The Bertz CT molecular complexity index is 450. The van der Waals surface area contributed by atoms with E-state index in [4.69, 9.17) is 0 Å². The molecule has 0 atom stereocenters. The number of carbonyl (C=O) groups is 1. The summed E-state index contributed by atoms with van der Waals surface area (Å²) in [6.07, 6.45) is 0. The summed E-state index contributed by atoms with van der Waals surface area (Å²) >= 11 is 0. The summed E-state index contributed by atoms with van der Waals surface area (Å²) in [6, 6.07) is 4.27. The van der Waals surface area contributed by atoms with Gasteiger partial charge in [0.15, 0.2) is 5.78 Å². The molecule has 1 nitrogen and oxygen atoms in total. The maximum atomic E-state index is 12.4. The lowest BCUT2D eigenvalue weighted by molar-refractivity contribution is 0.0939. The van der Waals surface area contributed by atoms with Crippen LogP contribution in [0.1, 0.15) is 100 Å². The lowest BCUT2D eigenvalue weighted by atomic mass is 9.81. The highest BCUT2D eigenvalue weighted by molar-refractivity contribution is 5.98. The summed E-state index contributed by atoms with van der Waals surface area (Å²) in [4.78, 5) is 12.4. The molecule has 112 valence electrons. The van der Waals surface area contributed by atoms with E-state index in [9.17, 15) is 4.79 Å². The molecule has 0 saturated carbocycles. The SMILES string of the molecule is CC(C)C(=O)c1cc(C(C)C)c(C(C)C)c(C(C)C)c1. The molecular formula is C19H30O. The van der Waals surface area contributed by atoms with Crippen molar-refractivity contribution in [3.05, 3.63) is 34.4 Å². The largest absolute Gasteiger partial charge is 0.294 e. The van der Waals surface area contributed by atoms with Gasteiger partial charge in [-0.2, -0.15) is 0 Å². The van der Waals surface area contributed by atoms with Crippen molar-refractivity contribution in [3.8, 4) is 0 Å². The quantitative estimate of drug-likeness (QED) is 0.611. The van der Waals surface area contributed by atoms with Gasteiger partial charge in [-0.05, 0) is 46.6 Å². The maximum Gasteiger partial charge on any atom is 0.165 e. The zero-order valence-electron chi connectivity index (χ0n) is 14.4. The Morgan fingerprint density at radius 2 is 1.15 bits per heavy atom. The molecule has 0 bridgehead atoms. The van der Waals surface area contributed by atoms with Crippen molar-refractivity contribution in [1.82, 2.24) is 0 Å². The third-order valence-electron chi connectivity index (χ3n) is 3.87. The number of hydrogen-bond donors (Lipinski definition) is 0. The van der Waals surface area contributed by atoms with Gasteiger partial charge in [-0.25, -0.2) is 0 Å². The van der Waals surface area contributed by atoms with Crippen LogP contribution in [-0.2, 0) is 0 Å². The smallest absolute Gasteiger partial charge is 0.165 e. The molecule has 0 N–H and O–H groups in total. The van der Waals surface area contributed by atoms with Gasteiger partial charge in [0.25, 0.3) is 0 Å². The zero-order chi connectivity index (χ0) is 15.6. The number of Topliss-reactive ketones (excluding diaryl/α,β-unsaturated/α-hetero) is 1. The Labute approximate surface area is 124 Å². The second-order valence-corrected chi connectivity index (χ2v) is 7.05. The molecule has 0 aliphatic carbocycles. The molecule has 20 heavy (non-hydrogen) atoms. The molecular weight excluding hydrogens is 244 g/mol. The van der Waals surface area contributed by atoms with E-state index in [0.717, 1.165) is 5.56 Å². The van der Waals surface area contributed by atoms with Gasteiger partial charge in [-0.3, -0.25) is 4.79 Å². The molecule has 0 spiro atoms. The summed E-state index contributed by atoms with van der Waals surface area (Å²) in [7, 11) is 0. The van der Waals surface area contributed by atoms with Crippen LogP contribution in [0.15, 0.2) is 12.1 Å². The summed E-state index contributed by atoms with van der Waals surface area (Å²) < 4.78 is 0. The first-order valence-corrected chi connectivity index (χ1v) is 7.88. The van der Waals surface area contributed by atoms with Gasteiger partial charge in [0.05, 0.1) is 0 Å². The molecule has 0 saturated heterocycles. The standard InChI is InChI=1S/C19H30O/c1-11(2)16-9-15(19(20)14(7)8)10-17(12(3)4)18(16)13(5)6/h9-14H,1-8H3. The summed E-state index contributed by atoms with van der Waals surface area (Å²) in [5.74, 6) is 1.70. The predicted molar refractivity (Wildman–Crippen MR) is 87.9 cm³/mol. The predicted octanol–water partition coefficient (Wildman–Crippen LogP) is 5.90. The lowest BCUT2D eigenvalue weighted by Crippen LogP contribution is -2.13. The highest BCUT2D eigenvalue weighted by Crippen LogP contribution is 2.35. The van der Waals surface area contributed by atoms with E-state index in [1.54, 1.807) is 0 Å². The van der Waals surface area contributed by atoms with Gasteiger partial charge < -0.3 is 0 Å². The Morgan fingerprint density at radius 1 is 0.750 bits per heavy atom. The Morgan fingerprint density at radius 3 is 1.40 bits per heavy atom. The van der Waals surface area contributed by atoms with E-state index in [1.165, 1.54) is 16.7 Å². The molecule has 0 amide bonds. The molecule has 0 radical (unpaired) electrons. The summed E-state index contributed by atoms with van der Waals surface area (Å²) in [5.41, 5.74) is 5.01. The fourth-order valence-corrected chi connectivity index (χ4v) is 2.80. The Hall–Kier alpha value is -1.11. The average molecular weight is 274 g/mol. The van der Waals surface area contributed by atoms with Crippen molar-refractivity contribution in [2.24, 2.45) is 5.92 Å². The van der Waals surface area contributed by atoms with E-state index in [0.29, 0.717) is 17.8 Å². The van der Waals surface area contributed by atoms with Crippen molar-refractivity contribution in [1.29, 1.82) is 0 Å². The minimum Gasteiger partial charge on any atom is -0.294 e. The molecule has 0 heterocycles. The zero-order valence-corrected chi connectivity index (χ0v) is 14.4. The van der Waals surface area contributed by atoms with Crippen LogP contribution in [0.2, 0.25) is 0 Å². The van der Waals surface area contributed by atoms with Crippen LogP contribution in [0.4, 0.5) is 0 Å². The van der Waals surface area contributed by atoms with Crippen molar-refractivity contribution >= 4 is 5.78 Å². The average Bonchev–Trinajstić information content (AvgIpc) is 2.35. The lowest BCUT2D eigenvalue weighted by Gasteiger charge is -2.24. The van der Waals surface area contributed by atoms with Gasteiger partial charge in [-0.15, -0.1) is 0 Å². The number of ketones is 1. The monoisotopic (exact) mass is 274 g/mol. The van der Waals surface area contributed by atoms with Crippen molar-refractivity contribution in [2.75, 3.05) is 0 Å². The van der Waals surface area contributed by atoms with Crippen LogP contribution in [0.5, 0.6) is 0 Å². The third kappa shape index (κ3) is 3.50. The van der Waals surface area contributed by atoms with Gasteiger partial charge in [-0.1, -0.05) is 55.4 Å². The van der Waals surface area contributed by atoms with Gasteiger partial charge in [0, 0.05) is 11.5 Å². The Kier molecular flexibility index (Phi) is 5.56.